The van der Waals surface area contributed by atoms with Crippen molar-refractivity contribution in [2.75, 3.05) is 0 Å². The fourth-order valence-electron chi connectivity index (χ4n) is 3.78. The summed E-state index contributed by atoms with van der Waals surface area (Å²) in [6, 6.07) is 0. The Hall–Kier alpha value is -0.460. The Labute approximate surface area is 87.8 Å². The van der Waals surface area contributed by atoms with Crippen molar-refractivity contribution in [2.45, 2.75) is 47.0 Å². The van der Waals surface area contributed by atoms with Crippen molar-refractivity contribution in [3.05, 3.63) is 12.3 Å². The molecule has 0 aromatic heterocycles. The summed E-state index contributed by atoms with van der Waals surface area (Å²) < 4.78 is 0. The lowest BCUT2D eigenvalue weighted by atomic mass is 9.57. The summed E-state index contributed by atoms with van der Waals surface area (Å²) in [6.07, 6.45) is 3.90. The zero-order chi connectivity index (χ0) is 10.8. The van der Waals surface area contributed by atoms with Crippen LogP contribution in [-0.2, 0) is 0 Å². The minimum atomic E-state index is 0.280. The number of hydrogen-bond acceptors (Lipinski definition) is 1. The largest absolute Gasteiger partial charge is 0.402 e. The van der Waals surface area contributed by atoms with Crippen LogP contribution in [0.3, 0.4) is 0 Å². The van der Waals surface area contributed by atoms with Gasteiger partial charge in [0.2, 0.25) is 0 Å². The first-order valence-electron chi connectivity index (χ1n) is 5.66. The maximum Gasteiger partial charge on any atom is 0.0178 e. The summed E-state index contributed by atoms with van der Waals surface area (Å²) >= 11 is 0. The van der Waals surface area contributed by atoms with E-state index in [1.165, 1.54) is 19.3 Å². The third-order valence-corrected chi connectivity index (χ3v) is 4.67. The van der Waals surface area contributed by atoms with Gasteiger partial charge >= 0.3 is 0 Å². The fraction of sp³-hybridized carbons (Fsp3) is 0.846. The molecule has 1 atom stereocenters. The maximum absolute atomic E-state index is 6.01. The smallest absolute Gasteiger partial charge is 0.0178 e. The first-order valence-corrected chi connectivity index (χ1v) is 5.66. The van der Waals surface area contributed by atoms with Crippen LogP contribution in [0.25, 0.3) is 0 Å². The van der Waals surface area contributed by atoms with E-state index in [0.29, 0.717) is 10.8 Å². The van der Waals surface area contributed by atoms with Crippen molar-refractivity contribution < 1.29 is 0 Å². The van der Waals surface area contributed by atoms with Crippen LogP contribution in [-0.4, -0.2) is 0 Å². The van der Waals surface area contributed by atoms with Crippen molar-refractivity contribution in [1.82, 2.24) is 0 Å². The van der Waals surface area contributed by atoms with Gasteiger partial charge in [0.25, 0.3) is 0 Å². The van der Waals surface area contributed by atoms with Gasteiger partial charge in [0.05, 0.1) is 0 Å². The van der Waals surface area contributed by atoms with Gasteiger partial charge in [-0.2, -0.15) is 0 Å². The van der Waals surface area contributed by atoms with Crippen LogP contribution in [0.1, 0.15) is 47.0 Å². The molecule has 0 heterocycles. The van der Waals surface area contributed by atoms with Gasteiger partial charge < -0.3 is 5.73 Å². The molecule has 1 nitrogen and oxygen atoms in total. The summed E-state index contributed by atoms with van der Waals surface area (Å²) in [6.45, 7) is 13.4. The average molecular weight is 193 g/mol. The highest BCUT2D eigenvalue weighted by molar-refractivity contribution is 5.29. The second-order valence-corrected chi connectivity index (χ2v) is 6.83. The van der Waals surface area contributed by atoms with Crippen LogP contribution in [0.5, 0.6) is 0 Å². The summed E-state index contributed by atoms with van der Waals surface area (Å²) in [5.41, 5.74) is 8.18. The zero-order valence-corrected chi connectivity index (χ0v) is 9.98. The molecule has 0 aromatic rings. The van der Waals surface area contributed by atoms with Gasteiger partial charge in [-0.3, -0.25) is 0 Å². The minimum absolute atomic E-state index is 0.280. The van der Waals surface area contributed by atoms with E-state index in [1.807, 2.05) is 0 Å². The summed E-state index contributed by atoms with van der Waals surface area (Å²) in [5, 5.41) is 0. The highest BCUT2D eigenvalue weighted by Crippen LogP contribution is 2.75. The summed E-state index contributed by atoms with van der Waals surface area (Å²) in [4.78, 5) is 0. The van der Waals surface area contributed by atoms with Gasteiger partial charge in [-0.05, 0) is 36.0 Å². The van der Waals surface area contributed by atoms with E-state index in [1.54, 1.807) is 0 Å². The Kier molecular flexibility index (Phi) is 1.71. The van der Waals surface area contributed by atoms with Crippen LogP contribution in [0.15, 0.2) is 12.3 Å². The standard InChI is InChI=1S/C13H23N/c1-9(14)13(8-12(13,4)5)10-6-11(2,3)7-10/h10H,1,6-8,14H2,2-5H3. The van der Waals surface area contributed by atoms with E-state index in [4.69, 9.17) is 5.73 Å². The lowest BCUT2D eigenvalue weighted by molar-refractivity contribution is 0.0367. The Morgan fingerprint density at radius 1 is 1.21 bits per heavy atom. The number of hydrogen-bond donors (Lipinski definition) is 1. The fourth-order valence-corrected chi connectivity index (χ4v) is 3.78. The maximum atomic E-state index is 6.01. The lowest BCUT2D eigenvalue weighted by Crippen LogP contribution is -2.41. The van der Waals surface area contributed by atoms with Crippen LogP contribution in [0.4, 0.5) is 0 Å². The molecule has 1 heteroatoms. The quantitative estimate of drug-likeness (QED) is 0.715. The molecule has 0 saturated heterocycles. The monoisotopic (exact) mass is 193 g/mol. The Balaban J connectivity index is 2.14. The second kappa shape index (κ2) is 2.37. The molecule has 2 N–H and O–H groups in total. The van der Waals surface area contributed by atoms with E-state index in [9.17, 15) is 0 Å². The molecule has 0 aromatic carbocycles. The molecular formula is C13H23N. The third-order valence-electron chi connectivity index (χ3n) is 4.67. The van der Waals surface area contributed by atoms with Crippen molar-refractivity contribution in [3.8, 4) is 0 Å². The van der Waals surface area contributed by atoms with Gasteiger partial charge in [-0.25, -0.2) is 0 Å². The number of allylic oxidation sites excluding steroid dienone is 1. The Morgan fingerprint density at radius 2 is 1.64 bits per heavy atom. The van der Waals surface area contributed by atoms with Crippen LogP contribution >= 0.6 is 0 Å². The van der Waals surface area contributed by atoms with Gasteiger partial charge in [0.15, 0.2) is 0 Å². The molecule has 0 bridgehead atoms. The predicted molar refractivity (Wildman–Crippen MR) is 60.7 cm³/mol. The second-order valence-electron chi connectivity index (χ2n) is 6.83. The summed E-state index contributed by atoms with van der Waals surface area (Å²) in [5.74, 6) is 0.796. The third kappa shape index (κ3) is 1.07. The highest BCUT2D eigenvalue weighted by Gasteiger charge is 2.68. The van der Waals surface area contributed by atoms with E-state index in [2.05, 4.69) is 34.3 Å². The molecule has 0 aliphatic heterocycles. The van der Waals surface area contributed by atoms with Gasteiger partial charge in [-0.15, -0.1) is 0 Å². The van der Waals surface area contributed by atoms with Gasteiger partial charge in [0, 0.05) is 11.1 Å². The molecule has 0 amide bonds. The molecule has 2 fully saturated rings. The van der Waals surface area contributed by atoms with Gasteiger partial charge in [-0.1, -0.05) is 34.3 Å². The highest BCUT2D eigenvalue weighted by atomic mass is 14.8. The molecule has 2 aliphatic carbocycles. The normalized spacial score (nSPS) is 38.9. The minimum Gasteiger partial charge on any atom is -0.402 e. The molecule has 1 unspecified atom stereocenters. The molecule has 2 rings (SSSR count). The molecule has 80 valence electrons. The summed E-state index contributed by atoms with van der Waals surface area (Å²) in [7, 11) is 0. The molecule has 14 heavy (non-hydrogen) atoms. The van der Waals surface area contributed by atoms with Crippen molar-refractivity contribution in [2.24, 2.45) is 27.9 Å². The molecular weight excluding hydrogens is 170 g/mol. The molecule has 2 aliphatic rings. The first-order chi connectivity index (χ1) is 6.21. The van der Waals surface area contributed by atoms with E-state index in [0.717, 1.165) is 11.6 Å². The van der Waals surface area contributed by atoms with Crippen LogP contribution in [0, 0.1) is 22.2 Å². The Bertz CT molecular complexity index is 280. The molecule has 2 saturated carbocycles. The number of rotatable bonds is 2. The van der Waals surface area contributed by atoms with E-state index < -0.39 is 0 Å². The lowest BCUT2D eigenvalue weighted by Gasteiger charge is -2.48. The topological polar surface area (TPSA) is 26.0 Å². The predicted octanol–water partition coefficient (Wildman–Crippen LogP) is 3.31. The first kappa shape index (κ1) is 10.1. The zero-order valence-electron chi connectivity index (χ0n) is 9.98. The SMILES string of the molecule is C=C(N)C1(C2CC(C)(C)C2)CC1(C)C. The van der Waals surface area contributed by atoms with Crippen molar-refractivity contribution in [1.29, 1.82) is 0 Å². The molecule has 0 spiro atoms. The van der Waals surface area contributed by atoms with Crippen molar-refractivity contribution >= 4 is 0 Å². The van der Waals surface area contributed by atoms with Gasteiger partial charge in [0.1, 0.15) is 0 Å². The average Bonchev–Trinajstić information content (AvgIpc) is 2.50. The van der Waals surface area contributed by atoms with E-state index >= 15 is 0 Å². The van der Waals surface area contributed by atoms with Crippen LogP contribution < -0.4 is 5.73 Å². The van der Waals surface area contributed by atoms with Crippen LogP contribution in [0.2, 0.25) is 0 Å². The van der Waals surface area contributed by atoms with E-state index in [-0.39, 0.29) is 5.41 Å². The van der Waals surface area contributed by atoms with Crippen molar-refractivity contribution in [3.63, 3.8) is 0 Å². The molecule has 0 radical (unpaired) electrons. The number of nitrogens with two attached hydrogens (primary N) is 1. The Morgan fingerprint density at radius 3 is 1.86 bits per heavy atom.